The van der Waals surface area contributed by atoms with E-state index in [1.807, 2.05) is 43.3 Å². The average Bonchev–Trinajstić information content (AvgIpc) is 2.59. The number of nitrogens with one attached hydrogen (secondary N) is 1. The lowest BCUT2D eigenvalue weighted by Gasteiger charge is -2.11. The number of benzene rings is 2. The minimum Gasteiger partial charge on any atom is -0.378 e. The lowest BCUT2D eigenvalue weighted by molar-refractivity contribution is -0.384. The number of carbonyl (C=O) groups is 1. The number of non-ortho nitro benzene ring substituents is 1. The van der Waals surface area contributed by atoms with Gasteiger partial charge in [-0.15, -0.1) is 0 Å². The summed E-state index contributed by atoms with van der Waals surface area (Å²) < 4.78 is 0. The molecule has 1 N–H and O–H groups in total. The largest absolute Gasteiger partial charge is 0.378 e. The molecule has 0 unspecified atom stereocenters. The molecule has 0 aliphatic rings. The Morgan fingerprint density at radius 1 is 1.21 bits per heavy atom. The number of amides is 1. The third-order valence-corrected chi connectivity index (χ3v) is 3.27. The predicted octanol–water partition coefficient (Wildman–Crippen LogP) is 2.44. The molecule has 0 aromatic heterocycles. The second kappa shape index (κ2) is 7.79. The number of rotatable bonds is 4. The Kier molecular flexibility index (Phi) is 5.53. The van der Waals surface area contributed by atoms with E-state index in [1.54, 1.807) is 0 Å². The molecule has 6 nitrogen and oxygen atoms in total. The van der Waals surface area contributed by atoms with E-state index in [9.17, 15) is 14.9 Å². The van der Waals surface area contributed by atoms with Crippen molar-refractivity contribution in [3.63, 3.8) is 0 Å². The van der Waals surface area contributed by atoms with E-state index in [1.165, 1.54) is 24.3 Å². The predicted molar refractivity (Wildman–Crippen MR) is 93.1 cm³/mol. The van der Waals surface area contributed by atoms with E-state index in [4.69, 9.17) is 0 Å². The van der Waals surface area contributed by atoms with E-state index in [2.05, 4.69) is 17.2 Å². The van der Waals surface area contributed by atoms with Crippen molar-refractivity contribution in [2.45, 2.75) is 0 Å². The van der Waals surface area contributed by atoms with Gasteiger partial charge in [-0.05, 0) is 30.3 Å². The molecule has 6 heteroatoms. The molecule has 0 aliphatic carbocycles. The maximum Gasteiger partial charge on any atom is 0.270 e. The molecular formula is C18H17N3O3. The van der Waals surface area contributed by atoms with Gasteiger partial charge in [-0.2, -0.15) is 0 Å². The van der Waals surface area contributed by atoms with Crippen LogP contribution in [0.2, 0.25) is 0 Å². The van der Waals surface area contributed by atoms with Crippen LogP contribution in [0.15, 0.2) is 48.5 Å². The molecule has 0 aliphatic heterocycles. The highest BCUT2D eigenvalue weighted by molar-refractivity contribution is 5.94. The summed E-state index contributed by atoms with van der Waals surface area (Å²) in [5.41, 5.74) is 2.06. The second-order valence-corrected chi connectivity index (χ2v) is 5.23. The van der Waals surface area contributed by atoms with Gasteiger partial charge in [0.05, 0.1) is 11.5 Å². The van der Waals surface area contributed by atoms with E-state index in [-0.39, 0.29) is 17.8 Å². The molecule has 2 aromatic rings. The monoisotopic (exact) mass is 323 g/mol. The van der Waals surface area contributed by atoms with Gasteiger partial charge in [-0.1, -0.05) is 17.9 Å². The highest BCUT2D eigenvalue weighted by Crippen LogP contribution is 2.13. The fraction of sp³-hybridized carbons (Fsp3) is 0.167. The zero-order chi connectivity index (χ0) is 17.5. The molecule has 2 aromatic carbocycles. The number of anilines is 1. The van der Waals surface area contributed by atoms with Gasteiger partial charge in [0.2, 0.25) is 0 Å². The van der Waals surface area contributed by atoms with Crippen molar-refractivity contribution in [3.05, 3.63) is 69.8 Å². The topological polar surface area (TPSA) is 75.5 Å². The molecule has 0 fully saturated rings. The fourth-order valence-electron chi connectivity index (χ4n) is 1.98. The minimum absolute atomic E-state index is 0.116. The van der Waals surface area contributed by atoms with E-state index >= 15 is 0 Å². The van der Waals surface area contributed by atoms with Gasteiger partial charge >= 0.3 is 0 Å². The van der Waals surface area contributed by atoms with Crippen LogP contribution >= 0.6 is 0 Å². The number of nitrogens with zero attached hydrogens (tertiary/aromatic N) is 2. The highest BCUT2D eigenvalue weighted by Gasteiger charge is 2.10. The van der Waals surface area contributed by atoms with Gasteiger partial charge in [0, 0.05) is 43.0 Å². The molecule has 0 bridgehead atoms. The molecule has 122 valence electrons. The van der Waals surface area contributed by atoms with Crippen molar-refractivity contribution in [2.24, 2.45) is 0 Å². The molecule has 0 saturated heterocycles. The Morgan fingerprint density at radius 3 is 2.54 bits per heavy atom. The molecule has 0 atom stereocenters. The normalized spacial score (nSPS) is 9.58. The molecule has 2 rings (SSSR count). The van der Waals surface area contributed by atoms with Crippen LogP contribution in [-0.2, 0) is 0 Å². The number of nitro groups is 1. The summed E-state index contributed by atoms with van der Waals surface area (Å²) in [5, 5.41) is 13.3. The van der Waals surface area contributed by atoms with Crippen LogP contribution in [-0.4, -0.2) is 31.5 Å². The quantitative estimate of drug-likeness (QED) is 0.533. The van der Waals surface area contributed by atoms with Crippen LogP contribution in [0.25, 0.3) is 0 Å². The van der Waals surface area contributed by atoms with Gasteiger partial charge in [0.25, 0.3) is 11.6 Å². The molecule has 0 spiro atoms. The van der Waals surface area contributed by atoms with Gasteiger partial charge in [0.15, 0.2) is 0 Å². The smallest absolute Gasteiger partial charge is 0.270 e. The highest BCUT2D eigenvalue weighted by atomic mass is 16.6. The summed E-state index contributed by atoms with van der Waals surface area (Å²) in [7, 11) is 3.92. The van der Waals surface area contributed by atoms with Crippen molar-refractivity contribution in [2.75, 3.05) is 25.5 Å². The first-order valence-corrected chi connectivity index (χ1v) is 7.26. The number of hydrogen-bond acceptors (Lipinski definition) is 4. The first kappa shape index (κ1) is 17.0. The minimum atomic E-state index is -0.534. The van der Waals surface area contributed by atoms with Gasteiger partial charge in [0.1, 0.15) is 0 Å². The summed E-state index contributed by atoms with van der Waals surface area (Å²) >= 11 is 0. The number of hydrogen-bond donors (Lipinski definition) is 1. The summed E-state index contributed by atoms with van der Waals surface area (Å²) in [6.07, 6.45) is 0. The van der Waals surface area contributed by atoms with E-state index in [0.717, 1.165) is 11.3 Å². The summed E-state index contributed by atoms with van der Waals surface area (Å²) in [5.74, 6) is 5.42. The van der Waals surface area contributed by atoms with Crippen molar-refractivity contribution >= 4 is 17.3 Å². The zero-order valence-electron chi connectivity index (χ0n) is 13.4. The van der Waals surface area contributed by atoms with Crippen LogP contribution in [0.3, 0.4) is 0 Å². The Labute approximate surface area is 140 Å². The Balaban J connectivity index is 1.93. The molecule has 0 saturated carbocycles. The van der Waals surface area contributed by atoms with Crippen molar-refractivity contribution in [3.8, 4) is 11.8 Å². The molecular weight excluding hydrogens is 306 g/mol. The SMILES string of the molecule is CN(C)c1ccc(C#CCNC(=O)c2cccc([N+](=O)[O-])c2)cc1. The van der Waals surface area contributed by atoms with Crippen LogP contribution in [0, 0.1) is 22.0 Å². The summed E-state index contributed by atoms with van der Waals surface area (Å²) in [4.78, 5) is 24.1. The van der Waals surface area contributed by atoms with Crippen molar-refractivity contribution in [1.82, 2.24) is 5.32 Å². The number of nitro benzene ring substituents is 1. The first-order valence-electron chi connectivity index (χ1n) is 7.26. The molecule has 24 heavy (non-hydrogen) atoms. The molecule has 0 heterocycles. The van der Waals surface area contributed by atoms with Crippen molar-refractivity contribution < 1.29 is 9.72 Å². The lowest BCUT2D eigenvalue weighted by atomic mass is 10.2. The Hall–Kier alpha value is -3.33. The van der Waals surface area contributed by atoms with Crippen LogP contribution in [0.5, 0.6) is 0 Å². The van der Waals surface area contributed by atoms with E-state index < -0.39 is 10.8 Å². The number of carbonyl (C=O) groups excluding carboxylic acids is 1. The summed E-state index contributed by atoms with van der Waals surface area (Å²) in [6.45, 7) is 0.164. The Morgan fingerprint density at radius 2 is 1.92 bits per heavy atom. The summed E-state index contributed by atoms with van der Waals surface area (Å²) in [6, 6.07) is 13.3. The van der Waals surface area contributed by atoms with E-state index in [0.29, 0.717) is 0 Å². The third kappa shape index (κ3) is 4.58. The van der Waals surface area contributed by atoms with Crippen LogP contribution in [0.4, 0.5) is 11.4 Å². The lowest BCUT2D eigenvalue weighted by Crippen LogP contribution is -2.23. The zero-order valence-corrected chi connectivity index (χ0v) is 13.4. The maximum absolute atomic E-state index is 11.9. The van der Waals surface area contributed by atoms with Crippen molar-refractivity contribution in [1.29, 1.82) is 0 Å². The molecule has 0 radical (unpaired) electrons. The van der Waals surface area contributed by atoms with Crippen LogP contribution in [0.1, 0.15) is 15.9 Å². The van der Waals surface area contributed by atoms with Crippen LogP contribution < -0.4 is 10.2 Å². The fourth-order valence-corrected chi connectivity index (χ4v) is 1.98. The second-order valence-electron chi connectivity index (χ2n) is 5.23. The maximum atomic E-state index is 11.9. The van der Waals surface area contributed by atoms with Gasteiger partial charge < -0.3 is 10.2 Å². The average molecular weight is 323 g/mol. The molecule has 1 amide bonds. The first-order chi connectivity index (χ1) is 11.5. The van der Waals surface area contributed by atoms with Gasteiger partial charge in [-0.25, -0.2) is 0 Å². The Bertz CT molecular complexity index is 802. The third-order valence-electron chi connectivity index (χ3n) is 3.27. The van der Waals surface area contributed by atoms with Gasteiger partial charge in [-0.3, -0.25) is 14.9 Å². The standard InChI is InChI=1S/C18H17N3O3/c1-20(2)16-10-8-14(9-11-16)5-4-12-19-18(22)15-6-3-7-17(13-15)21(23)24/h3,6-11,13H,12H2,1-2H3,(H,19,22).